The summed E-state index contributed by atoms with van der Waals surface area (Å²) in [5.74, 6) is -0.685. The molecule has 1 atom stereocenters. The molecule has 0 amide bonds. The second kappa shape index (κ2) is 5.51. The second-order valence-corrected chi connectivity index (χ2v) is 4.48. The monoisotopic (exact) mass is 261 g/mol. The van der Waals surface area contributed by atoms with Gasteiger partial charge >= 0.3 is 12.0 Å². The van der Waals surface area contributed by atoms with Crippen LogP contribution in [0.3, 0.4) is 0 Å². The van der Waals surface area contributed by atoms with Gasteiger partial charge in [0.05, 0.1) is 0 Å². The minimum Gasteiger partial charge on any atom is -0.480 e. The Kier molecular flexibility index (Phi) is 3.79. The molecule has 0 bridgehead atoms. The lowest BCUT2D eigenvalue weighted by molar-refractivity contribution is -0.138. The Balaban J connectivity index is 2.16. The molecule has 100 valence electrons. The highest BCUT2D eigenvalue weighted by atomic mass is 16.4. The molecule has 0 aliphatic rings. The predicted molar refractivity (Wildman–Crippen MR) is 69.6 cm³/mol. The van der Waals surface area contributed by atoms with Gasteiger partial charge in [0.15, 0.2) is 0 Å². The van der Waals surface area contributed by atoms with Crippen molar-refractivity contribution < 1.29 is 14.3 Å². The van der Waals surface area contributed by atoms with Gasteiger partial charge in [-0.15, -0.1) is 5.10 Å². The fourth-order valence-corrected chi connectivity index (χ4v) is 1.63. The van der Waals surface area contributed by atoms with Gasteiger partial charge in [-0.2, -0.15) is 0 Å². The quantitative estimate of drug-likeness (QED) is 0.858. The van der Waals surface area contributed by atoms with E-state index in [4.69, 9.17) is 9.52 Å². The molecule has 0 aliphatic heterocycles. The summed E-state index contributed by atoms with van der Waals surface area (Å²) in [5, 5.41) is 19.5. The minimum atomic E-state index is -0.950. The van der Waals surface area contributed by atoms with Gasteiger partial charge in [0, 0.05) is 5.56 Å². The van der Waals surface area contributed by atoms with E-state index in [0.29, 0.717) is 5.89 Å². The van der Waals surface area contributed by atoms with Crippen molar-refractivity contribution in [3.8, 4) is 11.5 Å². The summed E-state index contributed by atoms with van der Waals surface area (Å²) in [6.45, 7) is 3.61. The Morgan fingerprint density at radius 3 is 2.53 bits per heavy atom. The maximum absolute atomic E-state index is 11.1. The zero-order valence-electron chi connectivity index (χ0n) is 10.7. The molecule has 0 aliphatic carbocycles. The Morgan fingerprint density at radius 1 is 1.26 bits per heavy atom. The van der Waals surface area contributed by atoms with Crippen LogP contribution in [0.5, 0.6) is 0 Å². The number of hydrogen-bond donors (Lipinski definition) is 2. The van der Waals surface area contributed by atoms with E-state index in [1.807, 2.05) is 30.3 Å². The van der Waals surface area contributed by atoms with E-state index in [9.17, 15) is 4.79 Å². The van der Waals surface area contributed by atoms with Crippen LogP contribution in [0.1, 0.15) is 13.8 Å². The van der Waals surface area contributed by atoms with Crippen molar-refractivity contribution in [1.29, 1.82) is 0 Å². The summed E-state index contributed by atoms with van der Waals surface area (Å²) >= 11 is 0. The van der Waals surface area contributed by atoms with E-state index in [0.717, 1.165) is 5.56 Å². The van der Waals surface area contributed by atoms with Crippen LogP contribution < -0.4 is 5.32 Å². The van der Waals surface area contributed by atoms with Crippen molar-refractivity contribution in [1.82, 2.24) is 10.2 Å². The molecular weight excluding hydrogens is 246 g/mol. The van der Waals surface area contributed by atoms with E-state index >= 15 is 0 Å². The summed E-state index contributed by atoms with van der Waals surface area (Å²) in [4.78, 5) is 11.1. The molecule has 1 heterocycles. The zero-order valence-corrected chi connectivity index (χ0v) is 10.7. The van der Waals surface area contributed by atoms with Gasteiger partial charge in [-0.1, -0.05) is 37.1 Å². The first kappa shape index (κ1) is 13.1. The lowest BCUT2D eigenvalue weighted by Crippen LogP contribution is -2.34. The van der Waals surface area contributed by atoms with Gasteiger partial charge in [0.25, 0.3) is 0 Å². The average Bonchev–Trinajstić information content (AvgIpc) is 2.85. The minimum absolute atomic E-state index is 0.0930. The number of aromatic nitrogens is 2. The van der Waals surface area contributed by atoms with Crippen molar-refractivity contribution in [2.24, 2.45) is 5.92 Å². The fraction of sp³-hybridized carbons (Fsp3) is 0.308. The van der Waals surface area contributed by atoms with Crippen molar-refractivity contribution in [3.63, 3.8) is 0 Å². The molecule has 0 radical (unpaired) electrons. The molecule has 19 heavy (non-hydrogen) atoms. The highest BCUT2D eigenvalue weighted by Gasteiger charge is 2.23. The molecule has 1 unspecified atom stereocenters. The summed E-state index contributed by atoms with van der Waals surface area (Å²) < 4.78 is 5.40. The summed E-state index contributed by atoms with van der Waals surface area (Å²) in [7, 11) is 0. The molecular formula is C13H15N3O3. The van der Waals surface area contributed by atoms with Crippen molar-refractivity contribution in [2.75, 3.05) is 5.32 Å². The van der Waals surface area contributed by atoms with Crippen LogP contribution in [0.25, 0.3) is 11.5 Å². The van der Waals surface area contributed by atoms with Crippen LogP contribution in [0, 0.1) is 5.92 Å². The maximum atomic E-state index is 11.1. The summed E-state index contributed by atoms with van der Waals surface area (Å²) in [5.41, 5.74) is 0.791. The molecule has 2 N–H and O–H groups in total. The van der Waals surface area contributed by atoms with Crippen LogP contribution in [0.15, 0.2) is 34.7 Å². The number of carboxylic acid groups (broad SMARTS) is 1. The highest BCUT2D eigenvalue weighted by Crippen LogP contribution is 2.20. The number of aliphatic carboxylic acids is 1. The fourth-order valence-electron chi connectivity index (χ4n) is 1.63. The number of rotatable bonds is 5. The third-order valence-corrected chi connectivity index (χ3v) is 2.66. The number of hydrogen-bond acceptors (Lipinski definition) is 5. The standard InChI is InChI=1S/C13H15N3O3/c1-8(2)10(12(17)18)14-13-16-15-11(19-13)9-6-4-3-5-7-9/h3-8,10H,1-2H3,(H,14,16)(H,17,18). The number of nitrogens with one attached hydrogen (secondary N) is 1. The van der Waals surface area contributed by atoms with Gasteiger partial charge < -0.3 is 14.8 Å². The van der Waals surface area contributed by atoms with E-state index in [1.54, 1.807) is 13.8 Å². The van der Waals surface area contributed by atoms with E-state index in [2.05, 4.69) is 15.5 Å². The second-order valence-electron chi connectivity index (χ2n) is 4.48. The SMILES string of the molecule is CC(C)C(Nc1nnc(-c2ccccc2)o1)C(=O)O. The van der Waals surface area contributed by atoms with E-state index < -0.39 is 12.0 Å². The Labute approximate surface area is 110 Å². The lowest BCUT2D eigenvalue weighted by atomic mass is 10.1. The van der Waals surface area contributed by atoms with Crippen LogP contribution in [0.2, 0.25) is 0 Å². The smallest absolute Gasteiger partial charge is 0.326 e. The van der Waals surface area contributed by atoms with Crippen molar-refractivity contribution >= 4 is 12.0 Å². The number of nitrogens with zero attached hydrogens (tertiary/aromatic N) is 2. The molecule has 6 heteroatoms. The average molecular weight is 261 g/mol. The molecule has 1 aromatic carbocycles. The Hall–Kier alpha value is -2.37. The van der Waals surface area contributed by atoms with Gasteiger partial charge in [-0.3, -0.25) is 0 Å². The van der Waals surface area contributed by atoms with Crippen molar-refractivity contribution in [2.45, 2.75) is 19.9 Å². The van der Waals surface area contributed by atoms with Gasteiger partial charge in [0.1, 0.15) is 6.04 Å². The van der Waals surface area contributed by atoms with E-state index in [-0.39, 0.29) is 11.9 Å². The number of anilines is 1. The van der Waals surface area contributed by atoms with Gasteiger partial charge in [-0.25, -0.2) is 4.79 Å². The molecule has 2 aromatic rings. The molecule has 0 fully saturated rings. The van der Waals surface area contributed by atoms with Crippen LogP contribution in [-0.2, 0) is 4.79 Å². The molecule has 0 spiro atoms. The van der Waals surface area contributed by atoms with Gasteiger partial charge in [0.2, 0.25) is 5.89 Å². The van der Waals surface area contributed by atoms with Crippen LogP contribution in [-0.4, -0.2) is 27.3 Å². The first-order chi connectivity index (χ1) is 9.08. The molecule has 0 saturated heterocycles. The van der Waals surface area contributed by atoms with Crippen LogP contribution >= 0.6 is 0 Å². The topological polar surface area (TPSA) is 88.3 Å². The zero-order chi connectivity index (χ0) is 13.8. The van der Waals surface area contributed by atoms with E-state index in [1.165, 1.54) is 0 Å². The molecule has 2 rings (SSSR count). The first-order valence-corrected chi connectivity index (χ1v) is 5.96. The largest absolute Gasteiger partial charge is 0.480 e. The molecule has 1 aromatic heterocycles. The third-order valence-electron chi connectivity index (χ3n) is 2.66. The molecule has 6 nitrogen and oxygen atoms in total. The Bertz CT molecular complexity index is 551. The summed E-state index contributed by atoms with van der Waals surface area (Å²) in [6, 6.07) is 8.65. The summed E-state index contributed by atoms with van der Waals surface area (Å²) in [6.07, 6.45) is 0. The van der Waals surface area contributed by atoms with Crippen LogP contribution in [0.4, 0.5) is 6.01 Å². The lowest BCUT2D eigenvalue weighted by Gasteiger charge is -2.15. The van der Waals surface area contributed by atoms with Crippen molar-refractivity contribution in [3.05, 3.63) is 30.3 Å². The number of benzene rings is 1. The third kappa shape index (κ3) is 3.09. The maximum Gasteiger partial charge on any atom is 0.326 e. The number of carbonyl (C=O) groups is 1. The number of carboxylic acids is 1. The first-order valence-electron chi connectivity index (χ1n) is 5.96. The predicted octanol–water partition coefficient (Wildman–Crippen LogP) is 2.26. The Morgan fingerprint density at radius 2 is 1.95 bits per heavy atom. The normalized spacial score (nSPS) is 12.4. The molecule has 0 saturated carbocycles. The highest BCUT2D eigenvalue weighted by molar-refractivity contribution is 5.76. The van der Waals surface area contributed by atoms with Gasteiger partial charge in [-0.05, 0) is 18.1 Å².